The van der Waals surface area contributed by atoms with Crippen LogP contribution in [0.1, 0.15) is 41.5 Å². The molecule has 1 rings (SSSR count). The Bertz CT molecular complexity index is 282. The molecule has 16 heavy (non-hydrogen) atoms. The Kier molecular flexibility index (Phi) is 4.89. The molecule has 2 radical (unpaired) electrons. The minimum atomic E-state index is -0.800. The fraction of sp³-hybridized carbons (Fsp3) is 0.769. The van der Waals surface area contributed by atoms with Crippen molar-refractivity contribution in [3.05, 3.63) is 12.5 Å². The van der Waals surface area contributed by atoms with Crippen molar-refractivity contribution in [1.82, 2.24) is 4.98 Å². The molecular weight excluding hydrogens is 305 g/mol. The molecule has 0 aromatic carbocycles. The molecule has 0 saturated carbocycles. The van der Waals surface area contributed by atoms with Crippen LogP contribution < -0.4 is 3.91 Å². The van der Waals surface area contributed by atoms with E-state index in [2.05, 4.69) is 46.5 Å². The van der Waals surface area contributed by atoms with Crippen molar-refractivity contribution < 1.29 is 4.42 Å². The summed E-state index contributed by atoms with van der Waals surface area (Å²) in [5.41, 5.74) is 0. The number of nitrogens with zero attached hydrogens (tertiary/aromatic N) is 1. The van der Waals surface area contributed by atoms with E-state index in [0.29, 0.717) is 21.2 Å². The molecule has 1 aromatic rings. The number of rotatable bonds is 5. The molecule has 2 nitrogen and oxygen atoms in total. The second-order valence-electron chi connectivity index (χ2n) is 5.36. The van der Waals surface area contributed by atoms with Gasteiger partial charge in [-0.3, -0.25) is 0 Å². The third kappa shape index (κ3) is 2.63. The number of oxazole rings is 1. The summed E-state index contributed by atoms with van der Waals surface area (Å²) >= 11 is -0.800. The van der Waals surface area contributed by atoms with Gasteiger partial charge < -0.3 is 0 Å². The molecule has 0 spiro atoms. The summed E-state index contributed by atoms with van der Waals surface area (Å²) in [6.07, 6.45) is 3.49. The Morgan fingerprint density at radius 1 is 1.06 bits per heavy atom. The van der Waals surface area contributed by atoms with Gasteiger partial charge in [0.25, 0.3) is 0 Å². The van der Waals surface area contributed by atoms with Crippen molar-refractivity contribution in [2.24, 2.45) is 17.8 Å². The molecule has 0 amide bonds. The van der Waals surface area contributed by atoms with Gasteiger partial charge in [-0.2, -0.15) is 0 Å². The minimum absolute atomic E-state index is 0.439. The second-order valence-corrected chi connectivity index (χ2v) is 9.77. The van der Waals surface area contributed by atoms with Crippen molar-refractivity contribution in [2.75, 3.05) is 0 Å². The summed E-state index contributed by atoms with van der Waals surface area (Å²) in [6.45, 7) is 14.1. The van der Waals surface area contributed by atoms with Gasteiger partial charge in [0, 0.05) is 0 Å². The first-order valence-electron chi connectivity index (χ1n) is 6.09. The van der Waals surface area contributed by atoms with E-state index in [0.717, 1.165) is 3.91 Å². The molecule has 1 heterocycles. The maximum absolute atomic E-state index is 5.50. The Labute approximate surface area is 109 Å². The van der Waals surface area contributed by atoms with Crippen molar-refractivity contribution in [3.63, 3.8) is 0 Å². The topological polar surface area (TPSA) is 26.0 Å². The van der Waals surface area contributed by atoms with Crippen LogP contribution in [0.2, 0.25) is 3.43 Å². The molecule has 0 fully saturated rings. The monoisotopic (exact) mass is 329 g/mol. The van der Waals surface area contributed by atoms with Crippen LogP contribution in [0.4, 0.5) is 0 Å². The van der Waals surface area contributed by atoms with E-state index >= 15 is 0 Å². The molecule has 3 heteroatoms. The molecule has 0 N–H and O–H groups in total. The predicted octanol–water partition coefficient (Wildman–Crippen LogP) is 3.13. The Balaban J connectivity index is 3.02. The van der Waals surface area contributed by atoms with E-state index < -0.39 is 21.1 Å². The summed E-state index contributed by atoms with van der Waals surface area (Å²) in [6, 6.07) is 0. The van der Waals surface area contributed by atoms with E-state index in [-0.39, 0.29) is 0 Å². The zero-order valence-electron chi connectivity index (χ0n) is 11.2. The summed E-state index contributed by atoms with van der Waals surface area (Å²) in [4.78, 5) is 4.36. The van der Waals surface area contributed by atoms with Gasteiger partial charge in [-0.25, -0.2) is 0 Å². The SMILES string of the molecule is CC(C)[C]([Sn][c]1ncco1)(C(C)C)C(C)C. The van der Waals surface area contributed by atoms with Crippen LogP contribution >= 0.6 is 0 Å². The molecule has 0 aliphatic heterocycles. The third-order valence-electron chi connectivity index (χ3n) is 3.62. The van der Waals surface area contributed by atoms with Gasteiger partial charge in [-0.15, -0.1) is 0 Å². The first kappa shape index (κ1) is 14.1. The normalized spacial score (nSPS) is 13.1. The first-order valence-corrected chi connectivity index (χ1v) is 8.94. The van der Waals surface area contributed by atoms with E-state index in [1.54, 1.807) is 12.5 Å². The molecule has 0 aliphatic rings. The van der Waals surface area contributed by atoms with Gasteiger partial charge >= 0.3 is 110 Å². The molecular formula is C13H23NOSn. The van der Waals surface area contributed by atoms with Crippen molar-refractivity contribution >= 4 is 25.0 Å². The summed E-state index contributed by atoms with van der Waals surface area (Å²) < 4.78 is 6.98. The molecule has 90 valence electrons. The van der Waals surface area contributed by atoms with Gasteiger partial charge in [-0.05, 0) is 0 Å². The van der Waals surface area contributed by atoms with E-state index in [1.807, 2.05) is 0 Å². The molecule has 0 bridgehead atoms. The Hall–Kier alpha value is 0.00870. The number of hydrogen-bond donors (Lipinski definition) is 0. The quantitative estimate of drug-likeness (QED) is 0.776. The average molecular weight is 328 g/mol. The fourth-order valence-corrected chi connectivity index (χ4v) is 7.19. The Morgan fingerprint density at radius 2 is 1.56 bits per heavy atom. The van der Waals surface area contributed by atoms with Crippen LogP contribution in [0.25, 0.3) is 0 Å². The summed E-state index contributed by atoms with van der Waals surface area (Å²) in [7, 11) is 0. The fourth-order valence-electron chi connectivity index (χ4n) is 2.90. The molecule has 1 aromatic heterocycles. The van der Waals surface area contributed by atoms with Crippen LogP contribution in [0.5, 0.6) is 0 Å². The van der Waals surface area contributed by atoms with Crippen LogP contribution in [-0.4, -0.2) is 26.1 Å². The van der Waals surface area contributed by atoms with Crippen LogP contribution in [-0.2, 0) is 0 Å². The van der Waals surface area contributed by atoms with E-state index in [4.69, 9.17) is 4.42 Å². The third-order valence-corrected chi connectivity index (χ3v) is 11.1. The number of aromatic nitrogens is 1. The zero-order valence-corrected chi connectivity index (χ0v) is 14.1. The van der Waals surface area contributed by atoms with E-state index in [9.17, 15) is 0 Å². The van der Waals surface area contributed by atoms with Crippen molar-refractivity contribution in [2.45, 2.75) is 45.0 Å². The second kappa shape index (κ2) is 5.56. The average Bonchev–Trinajstić information content (AvgIpc) is 2.64. The van der Waals surface area contributed by atoms with Crippen molar-refractivity contribution in [1.29, 1.82) is 0 Å². The zero-order chi connectivity index (χ0) is 12.3. The van der Waals surface area contributed by atoms with Gasteiger partial charge in [0.15, 0.2) is 0 Å². The summed E-state index contributed by atoms with van der Waals surface area (Å²) in [5, 5.41) is 0. The van der Waals surface area contributed by atoms with Crippen LogP contribution in [0.15, 0.2) is 16.9 Å². The van der Waals surface area contributed by atoms with Gasteiger partial charge in [0.2, 0.25) is 0 Å². The van der Waals surface area contributed by atoms with Gasteiger partial charge in [-0.1, -0.05) is 0 Å². The van der Waals surface area contributed by atoms with E-state index in [1.165, 1.54) is 0 Å². The maximum atomic E-state index is 5.50. The molecule has 0 atom stereocenters. The summed E-state index contributed by atoms with van der Waals surface area (Å²) in [5.74, 6) is 2.10. The van der Waals surface area contributed by atoms with Crippen LogP contribution in [0, 0.1) is 17.8 Å². The number of hydrogen-bond acceptors (Lipinski definition) is 2. The molecule has 0 saturated heterocycles. The molecule has 0 aliphatic carbocycles. The Morgan fingerprint density at radius 3 is 1.88 bits per heavy atom. The van der Waals surface area contributed by atoms with Gasteiger partial charge in [0.05, 0.1) is 0 Å². The first-order chi connectivity index (χ1) is 7.41. The van der Waals surface area contributed by atoms with Crippen LogP contribution in [0.3, 0.4) is 0 Å². The van der Waals surface area contributed by atoms with Gasteiger partial charge in [0.1, 0.15) is 0 Å². The molecule has 0 unspecified atom stereocenters. The standard InChI is InChI=1S/C10H21.C3H2NO.Sn/c1-7(2)10(8(3)4)9(5)6;1-2-5-3-4-1;/h7-9H,1-6H3;1-2H;. The predicted molar refractivity (Wildman–Crippen MR) is 69.1 cm³/mol. The van der Waals surface area contributed by atoms with Crippen molar-refractivity contribution in [3.8, 4) is 0 Å².